The number of alkyl halides is 1. The number of aliphatic hydroxyl groups excluding tert-OH is 1. The highest BCUT2D eigenvalue weighted by Crippen LogP contribution is 2.21. The number of nitrogens with zero attached hydrogens (tertiary/aromatic N) is 3. The lowest BCUT2D eigenvalue weighted by Gasteiger charge is -2.31. The number of hydrogen-bond acceptors (Lipinski definition) is 4. The summed E-state index contributed by atoms with van der Waals surface area (Å²) in [5.74, 6) is 0.470. The van der Waals surface area contributed by atoms with Gasteiger partial charge in [-0.2, -0.15) is 5.10 Å². The minimum absolute atomic E-state index is 0.0364. The van der Waals surface area contributed by atoms with E-state index in [-0.39, 0.29) is 11.9 Å². The van der Waals surface area contributed by atoms with Crippen LogP contribution in [0.4, 0.5) is 5.69 Å². The van der Waals surface area contributed by atoms with Gasteiger partial charge in [0.15, 0.2) is 5.78 Å². The number of aromatic nitrogens is 2. The van der Waals surface area contributed by atoms with Gasteiger partial charge in [0.25, 0.3) is 0 Å². The molecule has 0 spiro atoms. The predicted octanol–water partition coefficient (Wildman–Crippen LogP) is 2.98. The van der Waals surface area contributed by atoms with E-state index >= 15 is 0 Å². The average molecular weight is 360 g/mol. The van der Waals surface area contributed by atoms with E-state index in [2.05, 4.69) is 10.00 Å². The Morgan fingerprint density at radius 1 is 1.28 bits per heavy atom. The second-order valence-electron chi connectivity index (χ2n) is 6.19. The number of carbonyl (C=O) groups excluding carboxylic acids is 1. The van der Waals surface area contributed by atoms with Crippen molar-refractivity contribution in [1.82, 2.24) is 9.78 Å². The van der Waals surface area contributed by atoms with E-state index in [1.807, 2.05) is 30.5 Å². The molecule has 0 amide bonds. The van der Waals surface area contributed by atoms with Crippen molar-refractivity contribution in [1.29, 1.82) is 0 Å². The lowest BCUT2D eigenvalue weighted by atomic mass is 10.1. The maximum Gasteiger partial charge on any atom is 0.185 e. The predicted molar refractivity (Wildman–Crippen MR) is 100 cm³/mol. The van der Waals surface area contributed by atoms with E-state index in [4.69, 9.17) is 11.6 Å². The number of hydrogen-bond donors (Lipinski definition) is 1. The largest absolute Gasteiger partial charge is 0.393 e. The summed E-state index contributed by atoms with van der Waals surface area (Å²) in [5.41, 5.74) is 2.63. The van der Waals surface area contributed by atoms with Crippen LogP contribution in [-0.4, -0.2) is 45.7 Å². The van der Waals surface area contributed by atoms with Crippen molar-refractivity contribution in [3.05, 3.63) is 53.9 Å². The SMILES string of the molecule is O=C(C=Cc1cnn(CCCl)c1)c1ccc(N2CCC(O)CC2)cc1. The first-order chi connectivity index (χ1) is 12.2. The number of anilines is 1. The number of piperidine rings is 1. The van der Waals surface area contributed by atoms with E-state index in [9.17, 15) is 9.90 Å². The minimum atomic E-state index is -0.184. The summed E-state index contributed by atoms with van der Waals surface area (Å²) in [6.45, 7) is 2.35. The molecule has 1 aromatic heterocycles. The fourth-order valence-electron chi connectivity index (χ4n) is 2.90. The number of carbonyl (C=O) groups is 1. The molecule has 0 unspecified atom stereocenters. The Morgan fingerprint density at radius 2 is 2.00 bits per heavy atom. The Hall–Kier alpha value is -2.11. The zero-order valence-corrected chi connectivity index (χ0v) is 14.8. The molecule has 1 N–H and O–H groups in total. The normalized spacial score (nSPS) is 15.8. The van der Waals surface area contributed by atoms with Crippen LogP contribution in [0, 0.1) is 0 Å². The van der Waals surface area contributed by atoms with Crippen molar-refractivity contribution in [3.8, 4) is 0 Å². The van der Waals surface area contributed by atoms with Crippen LogP contribution in [0.15, 0.2) is 42.7 Å². The molecular formula is C19H22ClN3O2. The summed E-state index contributed by atoms with van der Waals surface area (Å²) in [6, 6.07) is 7.64. The second kappa shape index (κ2) is 8.32. The van der Waals surface area contributed by atoms with E-state index in [0.717, 1.165) is 37.2 Å². The maximum absolute atomic E-state index is 12.3. The van der Waals surface area contributed by atoms with Gasteiger partial charge in [0.05, 0.1) is 18.8 Å². The summed E-state index contributed by atoms with van der Waals surface area (Å²) < 4.78 is 1.75. The average Bonchev–Trinajstić information content (AvgIpc) is 3.08. The van der Waals surface area contributed by atoms with Crippen molar-refractivity contribution in [2.45, 2.75) is 25.5 Å². The van der Waals surface area contributed by atoms with Gasteiger partial charge in [-0.3, -0.25) is 9.48 Å². The minimum Gasteiger partial charge on any atom is -0.393 e. The highest BCUT2D eigenvalue weighted by Gasteiger charge is 2.17. The topological polar surface area (TPSA) is 58.4 Å². The van der Waals surface area contributed by atoms with E-state index in [1.54, 1.807) is 23.0 Å². The number of aryl methyl sites for hydroxylation is 1. The number of aliphatic hydroxyl groups is 1. The van der Waals surface area contributed by atoms with Gasteiger partial charge in [0, 0.05) is 42.0 Å². The van der Waals surface area contributed by atoms with E-state index < -0.39 is 0 Å². The third kappa shape index (κ3) is 4.71. The Kier molecular flexibility index (Phi) is 5.89. The van der Waals surface area contributed by atoms with Crippen molar-refractivity contribution < 1.29 is 9.90 Å². The van der Waals surface area contributed by atoms with Crippen molar-refractivity contribution in [2.24, 2.45) is 0 Å². The molecule has 0 radical (unpaired) electrons. The van der Waals surface area contributed by atoms with Crippen LogP contribution in [0.3, 0.4) is 0 Å². The smallest absolute Gasteiger partial charge is 0.185 e. The van der Waals surface area contributed by atoms with Gasteiger partial charge in [-0.25, -0.2) is 0 Å². The Morgan fingerprint density at radius 3 is 2.68 bits per heavy atom. The molecule has 1 fully saturated rings. The molecule has 5 nitrogen and oxygen atoms in total. The van der Waals surface area contributed by atoms with Gasteiger partial charge in [-0.1, -0.05) is 0 Å². The van der Waals surface area contributed by atoms with Gasteiger partial charge >= 0.3 is 0 Å². The highest BCUT2D eigenvalue weighted by atomic mass is 35.5. The molecule has 1 saturated heterocycles. The van der Waals surface area contributed by atoms with Gasteiger partial charge in [0.1, 0.15) is 0 Å². The molecule has 0 bridgehead atoms. The quantitative estimate of drug-likeness (QED) is 0.489. The van der Waals surface area contributed by atoms with Crippen molar-refractivity contribution >= 4 is 29.1 Å². The first kappa shape index (κ1) is 17.7. The maximum atomic E-state index is 12.3. The molecule has 0 atom stereocenters. The van der Waals surface area contributed by atoms with Crippen LogP contribution in [0.1, 0.15) is 28.8 Å². The zero-order chi connectivity index (χ0) is 17.6. The number of benzene rings is 1. The molecule has 132 valence electrons. The molecule has 1 aliphatic rings. The first-order valence-electron chi connectivity index (χ1n) is 8.49. The fraction of sp³-hybridized carbons (Fsp3) is 0.368. The first-order valence-corrected chi connectivity index (χ1v) is 9.03. The summed E-state index contributed by atoms with van der Waals surface area (Å²) in [4.78, 5) is 14.5. The lowest BCUT2D eigenvalue weighted by molar-refractivity contribution is 0.104. The molecule has 0 saturated carbocycles. The molecule has 2 aromatic rings. The molecule has 6 heteroatoms. The van der Waals surface area contributed by atoms with E-state index in [0.29, 0.717) is 18.0 Å². The number of rotatable bonds is 6. The van der Waals surface area contributed by atoms with Gasteiger partial charge in [-0.05, 0) is 49.3 Å². The van der Waals surface area contributed by atoms with Crippen LogP contribution in [0.5, 0.6) is 0 Å². The Balaban J connectivity index is 1.61. The molecule has 3 rings (SSSR count). The molecule has 1 aromatic carbocycles. The third-order valence-corrected chi connectivity index (χ3v) is 4.54. The number of ketones is 1. The standard InChI is InChI=1S/C19H22ClN3O2/c20-9-12-23-14-15(13-21-23)1-6-19(25)16-2-4-17(5-3-16)22-10-7-18(24)8-11-22/h1-6,13-14,18,24H,7-12H2. The van der Waals surface area contributed by atoms with Crippen molar-refractivity contribution in [2.75, 3.05) is 23.9 Å². The summed E-state index contributed by atoms with van der Waals surface area (Å²) in [7, 11) is 0. The zero-order valence-electron chi connectivity index (χ0n) is 14.0. The van der Waals surface area contributed by atoms with Gasteiger partial charge < -0.3 is 10.0 Å². The number of halogens is 1. The summed E-state index contributed by atoms with van der Waals surface area (Å²) in [6.07, 6.45) is 8.30. The van der Waals surface area contributed by atoms with Gasteiger partial charge in [0.2, 0.25) is 0 Å². The van der Waals surface area contributed by atoms with Crippen LogP contribution < -0.4 is 4.90 Å². The Labute approximate surface area is 152 Å². The molecule has 0 aliphatic carbocycles. The fourth-order valence-corrected chi connectivity index (χ4v) is 3.08. The second-order valence-corrected chi connectivity index (χ2v) is 6.57. The summed E-state index contributed by atoms with van der Waals surface area (Å²) in [5, 5.41) is 13.8. The molecular weight excluding hydrogens is 338 g/mol. The molecule has 1 aliphatic heterocycles. The third-order valence-electron chi connectivity index (χ3n) is 4.38. The summed E-state index contributed by atoms with van der Waals surface area (Å²) >= 11 is 5.68. The Bertz CT molecular complexity index is 731. The highest BCUT2D eigenvalue weighted by molar-refractivity contribution is 6.17. The molecule has 25 heavy (non-hydrogen) atoms. The van der Waals surface area contributed by atoms with Crippen LogP contribution in [0.2, 0.25) is 0 Å². The van der Waals surface area contributed by atoms with Crippen LogP contribution >= 0.6 is 11.6 Å². The van der Waals surface area contributed by atoms with Crippen LogP contribution in [0.25, 0.3) is 6.08 Å². The number of allylic oxidation sites excluding steroid dienone is 1. The van der Waals surface area contributed by atoms with Gasteiger partial charge in [-0.15, -0.1) is 11.6 Å². The monoisotopic (exact) mass is 359 g/mol. The van der Waals surface area contributed by atoms with E-state index in [1.165, 1.54) is 0 Å². The molecule has 2 heterocycles. The van der Waals surface area contributed by atoms with Crippen molar-refractivity contribution in [3.63, 3.8) is 0 Å². The van der Waals surface area contributed by atoms with Crippen LogP contribution in [-0.2, 0) is 6.54 Å². The lowest BCUT2D eigenvalue weighted by Crippen LogP contribution is -2.35.